The van der Waals surface area contributed by atoms with E-state index in [4.69, 9.17) is 14.0 Å². The Morgan fingerprint density at radius 3 is 2.74 bits per heavy atom. The Hall–Kier alpha value is -3.17. The number of aromatic amines is 1. The molecule has 1 aliphatic rings. The number of oxime groups is 1. The van der Waals surface area contributed by atoms with E-state index in [0.29, 0.717) is 44.5 Å². The van der Waals surface area contributed by atoms with Crippen LogP contribution in [0.1, 0.15) is 32.3 Å². The lowest BCUT2D eigenvalue weighted by Gasteiger charge is -2.26. The van der Waals surface area contributed by atoms with Gasteiger partial charge in [0.15, 0.2) is 0 Å². The van der Waals surface area contributed by atoms with Crippen LogP contribution in [0, 0.1) is 0 Å². The number of hydrogen-bond acceptors (Lipinski definition) is 8. The van der Waals surface area contributed by atoms with Crippen molar-refractivity contribution in [2.75, 3.05) is 19.7 Å². The van der Waals surface area contributed by atoms with Crippen LogP contribution in [0.2, 0.25) is 0 Å². The first kappa shape index (κ1) is 18.6. The monoisotopic (exact) mass is 376 g/mol. The number of rotatable bonds is 4. The third kappa shape index (κ3) is 4.15. The van der Waals surface area contributed by atoms with Gasteiger partial charge in [-0.05, 0) is 18.9 Å². The summed E-state index contributed by atoms with van der Waals surface area (Å²) in [5.74, 6) is 0. The first-order valence-corrected chi connectivity index (χ1v) is 8.73. The van der Waals surface area contributed by atoms with Gasteiger partial charge in [-0.2, -0.15) is 4.98 Å². The molecule has 1 aliphatic heterocycles. The first-order valence-electron chi connectivity index (χ1n) is 8.73. The van der Waals surface area contributed by atoms with E-state index in [1.54, 1.807) is 11.8 Å². The van der Waals surface area contributed by atoms with Crippen LogP contribution in [0.3, 0.4) is 0 Å². The number of likely N-dealkylation sites (tertiary alicyclic amines) is 1. The second-order valence-electron chi connectivity index (χ2n) is 5.93. The van der Waals surface area contributed by atoms with Crippen molar-refractivity contribution < 1.29 is 18.8 Å². The molecule has 0 spiro atoms. The van der Waals surface area contributed by atoms with E-state index in [9.17, 15) is 14.4 Å². The Morgan fingerprint density at radius 1 is 1.33 bits per heavy atom. The Morgan fingerprint density at radius 2 is 2.07 bits per heavy atom. The van der Waals surface area contributed by atoms with Gasteiger partial charge in [0.1, 0.15) is 5.39 Å². The van der Waals surface area contributed by atoms with Crippen LogP contribution in [0.15, 0.2) is 25.2 Å². The zero-order chi connectivity index (χ0) is 19.4. The minimum absolute atomic E-state index is 0.0876. The number of carbonyl (C=O) groups excluding carboxylic acids is 1. The molecule has 0 atom stereocenters. The second kappa shape index (κ2) is 8.02. The normalized spacial score (nSPS) is 14.3. The van der Waals surface area contributed by atoms with E-state index in [-0.39, 0.29) is 23.2 Å². The Kier molecular flexibility index (Phi) is 5.53. The average molecular weight is 376 g/mol. The number of piperidine rings is 1. The molecule has 1 amide bonds. The number of carbonyl (C=O) groups is 1. The molecule has 1 N–H and O–H groups in total. The van der Waals surface area contributed by atoms with Gasteiger partial charge in [-0.3, -0.25) is 9.78 Å². The molecule has 0 unspecified atom stereocenters. The highest BCUT2D eigenvalue weighted by Gasteiger charge is 2.21. The van der Waals surface area contributed by atoms with Gasteiger partial charge in [-0.25, -0.2) is 9.59 Å². The summed E-state index contributed by atoms with van der Waals surface area (Å²) in [5.41, 5.74) is 0.144. The fourth-order valence-electron chi connectivity index (χ4n) is 2.81. The van der Waals surface area contributed by atoms with Crippen molar-refractivity contribution in [2.24, 2.45) is 5.16 Å². The Balaban J connectivity index is 1.74. The van der Waals surface area contributed by atoms with Gasteiger partial charge in [-0.15, -0.1) is 0 Å². The highest BCUT2D eigenvalue weighted by atomic mass is 16.6. The Bertz CT molecular complexity index is 983. The molecule has 1 saturated heterocycles. The number of nitrogens with zero attached hydrogens (tertiary/aromatic N) is 3. The molecule has 27 heavy (non-hydrogen) atoms. The third-order valence-electron chi connectivity index (χ3n) is 4.18. The van der Waals surface area contributed by atoms with Gasteiger partial charge in [0.05, 0.1) is 12.3 Å². The minimum atomic E-state index is -0.582. The summed E-state index contributed by atoms with van der Waals surface area (Å²) in [7, 11) is 0. The van der Waals surface area contributed by atoms with E-state index in [1.165, 1.54) is 6.07 Å². The summed E-state index contributed by atoms with van der Waals surface area (Å²) in [4.78, 5) is 48.9. The summed E-state index contributed by atoms with van der Waals surface area (Å²) in [5, 5.41) is 4.21. The van der Waals surface area contributed by atoms with E-state index in [1.807, 2.05) is 6.92 Å². The number of ether oxygens (including phenoxy) is 1. The maximum atomic E-state index is 12.3. The van der Waals surface area contributed by atoms with E-state index in [2.05, 4.69) is 15.1 Å². The van der Waals surface area contributed by atoms with Gasteiger partial charge in [0.25, 0.3) is 5.56 Å². The van der Waals surface area contributed by atoms with Crippen LogP contribution < -0.4 is 16.0 Å². The van der Waals surface area contributed by atoms with E-state index >= 15 is 0 Å². The molecule has 3 rings (SSSR count). The maximum absolute atomic E-state index is 12.3. The lowest BCUT2D eigenvalue weighted by molar-refractivity contribution is 0.107. The van der Waals surface area contributed by atoms with Gasteiger partial charge < -0.3 is 18.9 Å². The minimum Gasteiger partial charge on any atom is -0.450 e. The number of amides is 1. The van der Waals surface area contributed by atoms with Crippen LogP contribution >= 0.6 is 0 Å². The molecule has 0 saturated carbocycles. The SMILES string of the molecule is CCOC(=O)N1CCC(=NOc2nc3oc(=O)cc(CC)c3c(=O)[nH]2)CC1. The maximum Gasteiger partial charge on any atom is 0.409 e. The summed E-state index contributed by atoms with van der Waals surface area (Å²) >= 11 is 0. The van der Waals surface area contributed by atoms with E-state index < -0.39 is 11.2 Å². The van der Waals surface area contributed by atoms with Gasteiger partial charge in [-0.1, -0.05) is 12.1 Å². The lowest BCUT2D eigenvalue weighted by Crippen LogP contribution is -2.39. The lowest BCUT2D eigenvalue weighted by atomic mass is 10.1. The Labute approximate surface area is 153 Å². The largest absolute Gasteiger partial charge is 0.450 e. The summed E-state index contributed by atoms with van der Waals surface area (Å²) in [6.07, 6.45) is 1.18. The number of fused-ring (bicyclic) bond motifs is 1. The molecular weight excluding hydrogens is 356 g/mol. The standard InChI is InChI=1S/C17H20N4O6/c1-3-10-9-12(22)26-15-13(10)14(23)18-16(19-15)27-20-11-5-7-21(8-6-11)17(24)25-4-2/h9H,3-8H2,1-2H3,(H,18,19,23). The highest BCUT2D eigenvalue weighted by molar-refractivity contribution is 5.86. The first-order chi connectivity index (χ1) is 13.0. The van der Waals surface area contributed by atoms with Crippen molar-refractivity contribution in [1.29, 1.82) is 0 Å². The fourth-order valence-corrected chi connectivity index (χ4v) is 2.81. The van der Waals surface area contributed by atoms with Crippen molar-refractivity contribution in [3.05, 3.63) is 32.4 Å². The molecule has 3 heterocycles. The van der Waals surface area contributed by atoms with Crippen molar-refractivity contribution >= 4 is 22.9 Å². The van der Waals surface area contributed by atoms with Gasteiger partial charge in [0.2, 0.25) is 5.71 Å². The quantitative estimate of drug-likeness (QED) is 0.800. The highest BCUT2D eigenvalue weighted by Crippen LogP contribution is 2.14. The smallest absolute Gasteiger partial charge is 0.409 e. The van der Waals surface area contributed by atoms with Crippen molar-refractivity contribution in [3.8, 4) is 6.01 Å². The summed E-state index contributed by atoms with van der Waals surface area (Å²) in [6.45, 7) is 4.85. The molecule has 1 fully saturated rings. The molecule has 2 aromatic rings. The molecule has 0 aromatic carbocycles. The summed E-state index contributed by atoms with van der Waals surface area (Å²) < 4.78 is 9.97. The molecule has 0 radical (unpaired) electrons. The zero-order valence-electron chi connectivity index (χ0n) is 15.1. The number of aryl methyl sites for hydroxylation is 1. The third-order valence-corrected chi connectivity index (χ3v) is 4.18. The molecule has 2 aromatic heterocycles. The number of nitrogens with one attached hydrogen (secondary N) is 1. The van der Waals surface area contributed by atoms with Crippen LogP contribution in [0.25, 0.3) is 11.1 Å². The second-order valence-corrected chi connectivity index (χ2v) is 5.93. The van der Waals surface area contributed by atoms with E-state index in [0.717, 1.165) is 5.71 Å². The number of hydrogen-bond donors (Lipinski definition) is 1. The molecule has 10 nitrogen and oxygen atoms in total. The summed E-state index contributed by atoms with van der Waals surface area (Å²) in [6, 6.07) is 1.11. The van der Waals surface area contributed by atoms with Crippen molar-refractivity contribution in [1.82, 2.24) is 14.9 Å². The van der Waals surface area contributed by atoms with Crippen LogP contribution in [-0.4, -0.2) is 46.4 Å². The van der Waals surface area contributed by atoms with Gasteiger partial charge in [0, 0.05) is 32.0 Å². The van der Waals surface area contributed by atoms with Crippen molar-refractivity contribution in [3.63, 3.8) is 0 Å². The zero-order valence-corrected chi connectivity index (χ0v) is 15.1. The predicted molar refractivity (Wildman–Crippen MR) is 96.2 cm³/mol. The van der Waals surface area contributed by atoms with Crippen LogP contribution in [0.5, 0.6) is 6.01 Å². The number of H-pyrrole nitrogens is 1. The van der Waals surface area contributed by atoms with Crippen LogP contribution in [-0.2, 0) is 11.2 Å². The molecule has 0 bridgehead atoms. The fraction of sp³-hybridized carbons (Fsp3) is 0.471. The molecular formula is C17H20N4O6. The van der Waals surface area contributed by atoms with Crippen LogP contribution in [0.4, 0.5) is 4.79 Å². The molecule has 10 heteroatoms. The van der Waals surface area contributed by atoms with Crippen molar-refractivity contribution in [2.45, 2.75) is 33.1 Å². The van der Waals surface area contributed by atoms with Gasteiger partial charge >= 0.3 is 17.7 Å². The number of aromatic nitrogens is 2. The topological polar surface area (TPSA) is 127 Å². The molecule has 0 aliphatic carbocycles. The average Bonchev–Trinajstić information content (AvgIpc) is 2.66. The predicted octanol–water partition coefficient (Wildman–Crippen LogP) is 1.43. The molecule has 144 valence electrons.